The van der Waals surface area contributed by atoms with E-state index in [2.05, 4.69) is 4.90 Å². The zero-order valence-electron chi connectivity index (χ0n) is 11.6. The van der Waals surface area contributed by atoms with Gasteiger partial charge in [-0.05, 0) is 37.8 Å². The highest BCUT2D eigenvalue weighted by Crippen LogP contribution is 2.53. The second-order valence-electron chi connectivity index (χ2n) is 6.04. The number of benzene rings is 1. The van der Waals surface area contributed by atoms with Crippen molar-refractivity contribution >= 4 is 11.7 Å². The molecular formula is C16H20FNO2. The fourth-order valence-corrected chi connectivity index (χ4v) is 3.62. The van der Waals surface area contributed by atoms with Crippen molar-refractivity contribution in [3.05, 3.63) is 29.6 Å². The molecule has 4 heteroatoms. The molecule has 2 aliphatic rings. The summed E-state index contributed by atoms with van der Waals surface area (Å²) in [6.45, 7) is 1.72. The Kier molecular flexibility index (Phi) is 3.40. The summed E-state index contributed by atoms with van der Waals surface area (Å²) in [6, 6.07) is 5.34. The molecule has 0 aromatic heterocycles. The molecule has 1 fully saturated rings. The Bertz CT molecular complexity index is 525. The molecule has 1 aromatic rings. The summed E-state index contributed by atoms with van der Waals surface area (Å²) in [5, 5.41) is 8.67. The highest BCUT2D eigenvalue weighted by atomic mass is 19.1. The van der Waals surface area contributed by atoms with Crippen LogP contribution in [-0.2, 0) is 10.2 Å². The lowest BCUT2D eigenvalue weighted by molar-refractivity contribution is -0.137. The number of hydrogen-bond acceptors (Lipinski definition) is 2. The van der Waals surface area contributed by atoms with Gasteiger partial charge in [0.05, 0.1) is 0 Å². The number of rotatable bonds is 5. The molecule has 20 heavy (non-hydrogen) atoms. The van der Waals surface area contributed by atoms with Crippen molar-refractivity contribution in [1.29, 1.82) is 0 Å². The number of aliphatic carboxylic acids is 1. The van der Waals surface area contributed by atoms with Gasteiger partial charge >= 0.3 is 5.97 Å². The lowest BCUT2D eigenvalue weighted by Gasteiger charge is -2.39. The van der Waals surface area contributed by atoms with E-state index in [9.17, 15) is 9.18 Å². The average Bonchev–Trinajstić information content (AvgIpc) is 2.71. The molecule has 1 heterocycles. The van der Waals surface area contributed by atoms with Gasteiger partial charge in [0, 0.05) is 36.2 Å². The van der Waals surface area contributed by atoms with E-state index in [4.69, 9.17) is 5.11 Å². The third-order valence-electron chi connectivity index (χ3n) is 4.74. The normalized spacial score (nSPS) is 18.9. The van der Waals surface area contributed by atoms with Gasteiger partial charge in [0.15, 0.2) is 0 Å². The van der Waals surface area contributed by atoms with Crippen LogP contribution in [0.4, 0.5) is 10.1 Å². The number of carbonyl (C=O) groups is 1. The molecule has 1 aliphatic carbocycles. The van der Waals surface area contributed by atoms with Crippen LogP contribution in [-0.4, -0.2) is 24.2 Å². The fourth-order valence-electron chi connectivity index (χ4n) is 3.62. The average molecular weight is 277 g/mol. The predicted octanol–water partition coefficient (Wildman–Crippen LogP) is 3.32. The molecule has 0 amide bonds. The molecule has 3 rings (SSSR count). The first-order valence-electron chi connectivity index (χ1n) is 7.38. The standard InChI is InChI=1S/C16H20FNO2/c17-12-5-3-6-13-15(12)16(8-4-9-16)11-18(13)10-2-1-7-14(19)20/h3,5-6H,1-2,4,7-11H2,(H,19,20). The fraction of sp³-hybridized carbons (Fsp3) is 0.562. The molecular weight excluding hydrogens is 257 g/mol. The minimum atomic E-state index is -0.742. The van der Waals surface area contributed by atoms with Crippen LogP contribution < -0.4 is 4.90 Å². The SMILES string of the molecule is O=C(O)CCCCN1CC2(CCC2)c2c(F)cccc21. The highest BCUT2D eigenvalue weighted by Gasteiger charge is 2.48. The van der Waals surface area contributed by atoms with Gasteiger partial charge in [-0.3, -0.25) is 4.79 Å². The van der Waals surface area contributed by atoms with E-state index in [0.717, 1.165) is 43.6 Å². The first-order valence-corrected chi connectivity index (χ1v) is 7.38. The van der Waals surface area contributed by atoms with E-state index >= 15 is 0 Å². The van der Waals surface area contributed by atoms with Gasteiger partial charge in [-0.2, -0.15) is 0 Å². The van der Waals surface area contributed by atoms with E-state index in [1.165, 1.54) is 6.42 Å². The number of nitrogens with zero attached hydrogens (tertiary/aromatic N) is 1. The zero-order valence-corrected chi connectivity index (χ0v) is 11.6. The summed E-state index contributed by atoms with van der Waals surface area (Å²) in [4.78, 5) is 12.8. The Morgan fingerprint density at radius 3 is 2.80 bits per heavy atom. The molecule has 1 spiro atoms. The van der Waals surface area contributed by atoms with Crippen LogP contribution in [0.3, 0.4) is 0 Å². The third-order valence-corrected chi connectivity index (χ3v) is 4.74. The Morgan fingerprint density at radius 1 is 1.35 bits per heavy atom. The Morgan fingerprint density at radius 2 is 2.15 bits per heavy atom. The summed E-state index contributed by atoms with van der Waals surface area (Å²) in [5.41, 5.74) is 1.97. The maximum absolute atomic E-state index is 14.2. The summed E-state index contributed by atoms with van der Waals surface area (Å²) in [6.07, 6.45) is 5.08. The van der Waals surface area contributed by atoms with Crippen LogP contribution in [0.5, 0.6) is 0 Å². The Hall–Kier alpha value is -1.58. The van der Waals surface area contributed by atoms with Crippen molar-refractivity contribution < 1.29 is 14.3 Å². The first-order chi connectivity index (χ1) is 9.62. The molecule has 1 aromatic carbocycles. The molecule has 0 unspecified atom stereocenters. The second kappa shape index (κ2) is 5.08. The topological polar surface area (TPSA) is 40.5 Å². The van der Waals surface area contributed by atoms with Crippen molar-refractivity contribution in [2.75, 3.05) is 18.0 Å². The van der Waals surface area contributed by atoms with E-state index < -0.39 is 5.97 Å². The van der Waals surface area contributed by atoms with Crippen LogP contribution >= 0.6 is 0 Å². The van der Waals surface area contributed by atoms with Crippen LogP contribution in [0.1, 0.15) is 44.1 Å². The zero-order chi connectivity index (χ0) is 14.2. The molecule has 1 N–H and O–H groups in total. The lowest BCUT2D eigenvalue weighted by atomic mass is 9.65. The Balaban J connectivity index is 1.72. The summed E-state index contributed by atoms with van der Waals surface area (Å²) in [5.74, 6) is -0.816. The minimum absolute atomic E-state index is 0.0352. The quantitative estimate of drug-likeness (QED) is 0.839. The van der Waals surface area contributed by atoms with Crippen LogP contribution in [0.2, 0.25) is 0 Å². The maximum Gasteiger partial charge on any atom is 0.303 e. The van der Waals surface area contributed by atoms with Gasteiger partial charge in [-0.25, -0.2) is 4.39 Å². The van der Waals surface area contributed by atoms with Gasteiger partial charge < -0.3 is 10.0 Å². The second-order valence-corrected chi connectivity index (χ2v) is 6.04. The number of halogens is 1. The predicted molar refractivity (Wildman–Crippen MR) is 75.6 cm³/mol. The Labute approximate surface area is 118 Å². The van der Waals surface area contributed by atoms with Crippen molar-refractivity contribution in [1.82, 2.24) is 0 Å². The van der Waals surface area contributed by atoms with E-state index in [1.807, 2.05) is 6.07 Å². The number of hydrogen-bond donors (Lipinski definition) is 1. The van der Waals surface area contributed by atoms with Gasteiger partial charge in [0.25, 0.3) is 0 Å². The smallest absolute Gasteiger partial charge is 0.303 e. The summed E-state index contributed by atoms with van der Waals surface area (Å²) < 4.78 is 14.2. The van der Waals surface area contributed by atoms with Crippen molar-refractivity contribution in [3.8, 4) is 0 Å². The molecule has 1 aliphatic heterocycles. The van der Waals surface area contributed by atoms with Gasteiger partial charge in [0.2, 0.25) is 0 Å². The van der Waals surface area contributed by atoms with E-state index in [0.29, 0.717) is 6.42 Å². The van der Waals surface area contributed by atoms with Crippen LogP contribution in [0, 0.1) is 5.82 Å². The van der Waals surface area contributed by atoms with E-state index in [-0.39, 0.29) is 17.7 Å². The monoisotopic (exact) mass is 277 g/mol. The molecule has 0 saturated heterocycles. The maximum atomic E-state index is 14.2. The van der Waals surface area contributed by atoms with Gasteiger partial charge in [-0.15, -0.1) is 0 Å². The summed E-state index contributed by atoms with van der Waals surface area (Å²) >= 11 is 0. The van der Waals surface area contributed by atoms with Crippen LogP contribution in [0.15, 0.2) is 18.2 Å². The number of anilines is 1. The lowest BCUT2D eigenvalue weighted by Crippen LogP contribution is -2.40. The largest absolute Gasteiger partial charge is 0.481 e. The highest BCUT2D eigenvalue weighted by molar-refractivity contribution is 5.66. The van der Waals surface area contributed by atoms with Crippen molar-refractivity contribution in [2.45, 2.75) is 43.9 Å². The number of carboxylic acid groups (broad SMARTS) is 1. The van der Waals surface area contributed by atoms with Gasteiger partial charge in [-0.1, -0.05) is 12.5 Å². The number of carboxylic acids is 1. The molecule has 108 valence electrons. The van der Waals surface area contributed by atoms with Crippen molar-refractivity contribution in [2.24, 2.45) is 0 Å². The number of unbranched alkanes of at least 4 members (excludes halogenated alkanes) is 1. The number of fused-ring (bicyclic) bond motifs is 2. The molecule has 0 bridgehead atoms. The first kappa shape index (κ1) is 13.4. The van der Waals surface area contributed by atoms with Gasteiger partial charge in [0.1, 0.15) is 5.82 Å². The molecule has 3 nitrogen and oxygen atoms in total. The molecule has 1 saturated carbocycles. The minimum Gasteiger partial charge on any atom is -0.481 e. The molecule has 0 radical (unpaired) electrons. The summed E-state index contributed by atoms with van der Waals surface area (Å²) in [7, 11) is 0. The molecule has 0 atom stereocenters. The van der Waals surface area contributed by atoms with Crippen LogP contribution in [0.25, 0.3) is 0 Å². The van der Waals surface area contributed by atoms with Crippen molar-refractivity contribution in [3.63, 3.8) is 0 Å². The third kappa shape index (κ3) is 2.17. The van der Waals surface area contributed by atoms with E-state index in [1.54, 1.807) is 12.1 Å².